The average Bonchev–Trinajstić information content (AvgIpc) is 2.48. The van der Waals surface area contributed by atoms with Gasteiger partial charge in [0.05, 0.1) is 0 Å². The smallest absolute Gasteiger partial charge is 0.251 e. The zero-order valence-electron chi connectivity index (χ0n) is 12.3. The molecule has 1 N–H and O–H groups in total. The minimum Gasteiger partial charge on any atom is -0.351 e. The second-order valence-electron chi connectivity index (χ2n) is 5.27. The van der Waals surface area contributed by atoms with Crippen molar-refractivity contribution in [1.29, 1.82) is 0 Å². The van der Waals surface area contributed by atoms with Crippen LogP contribution in [0.3, 0.4) is 0 Å². The first kappa shape index (κ1) is 14.3. The molecule has 2 aromatic carbocycles. The topological polar surface area (TPSA) is 29.1 Å². The number of nitrogens with one attached hydrogen (secondary N) is 1. The van der Waals surface area contributed by atoms with Crippen LogP contribution in [-0.4, -0.2) is 12.5 Å². The number of carbonyl (C=O) groups excluding carboxylic acids is 1. The Bertz CT molecular complexity index is 590. The third kappa shape index (κ3) is 3.27. The van der Waals surface area contributed by atoms with Crippen LogP contribution in [0.2, 0.25) is 0 Å². The number of benzene rings is 2. The molecule has 1 atom stereocenters. The molecule has 20 heavy (non-hydrogen) atoms. The molecule has 0 radical (unpaired) electrons. The van der Waals surface area contributed by atoms with Crippen molar-refractivity contribution in [2.45, 2.75) is 26.7 Å². The highest BCUT2D eigenvalue weighted by molar-refractivity contribution is 5.95. The van der Waals surface area contributed by atoms with Crippen LogP contribution in [0, 0.1) is 13.8 Å². The molecule has 0 fully saturated rings. The van der Waals surface area contributed by atoms with Crippen LogP contribution in [-0.2, 0) is 0 Å². The highest BCUT2D eigenvalue weighted by Crippen LogP contribution is 2.15. The van der Waals surface area contributed by atoms with Crippen LogP contribution in [0.1, 0.15) is 39.9 Å². The van der Waals surface area contributed by atoms with Gasteiger partial charge in [0.25, 0.3) is 5.91 Å². The van der Waals surface area contributed by atoms with Gasteiger partial charge in [0.2, 0.25) is 0 Å². The molecule has 1 amide bonds. The molecule has 0 saturated carbocycles. The second-order valence-corrected chi connectivity index (χ2v) is 5.27. The normalized spacial score (nSPS) is 11.9. The van der Waals surface area contributed by atoms with Crippen molar-refractivity contribution < 1.29 is 4.79 Å². The van der Waals surface area contributed by atoms with E-state index in [0.717, 1.165) is 16.7 Å². The third-order valence-electron chi connectivity index (χ3n) is 3.79. The molecule has 0 aliphatic rings. The molecule has 0 saturated heterocycles. The number of rotatable bonds is 4. The Labute approximate surface area is 120 Å². The molecule has 2 nitrogen and oxygen atoms in total. The highest BCUT2D eigenvalue weighted by atomic mass is 16.1. The van der Waals surface area contributed by atoms with Gasteiger partial charge >= 0.3 is 0 Å². The van der Waals surface area contributed by atoms with E-state index in [-0.39, 0.29) is 5.91 Å². The minimum atomic E-state index is 0.00832. The Morgan fingerprint density at radius 1 is 1.05 bits per heavy atom. The lowest BCUT2D eigenvalue weighted by atomic mass is 10.0. The fourth-order valence-electron chi connectivity index (χ4n) is 2.24. The predicted molar refractivity (Wildman–Crippen MR) is 83.1 cm³/mol. The molecular weight excluding hydrogens is 246 g/mol. The fourth-order valence-corrected chi connectivity index (χ4v) is 2.24. The summed E-state index contributed by atoms with van der Waals surface area (Å²) in [6.45, 7) is 6.79. The van der Waals surface area contributed by atoms with Gasteiger partial charge in [0.1, 0.15) is 0 Å². The van der Waals surface area contributed by atoms with Gasteiger partial charge < -0.3 is 5.32 Å². The molecule has 0 aliphatic carbocycles. The minimum absolute atomic E-state index is 0.00832. The Kier molecular flexibility index (Phi) is 4.57. The molecule has 0 heterocycles. The maximum Gasteiger partial charge on any atom is 0.251 e. The van der Waals surface area contributed by atoms with Gasteiger partial charge in [-0.25, -0.2) is 0 Å². The monoisotopic (exact) mass is 267 g/mol. The summed E-state index contributed by atoms with van der Waals surface area (Å²) in [5, 5.41) is 3.03. The lowest BCUT2D eigenvalue weighted by Crippen LogP contribution is -2.28. The Morgan fingerprint density at radius 3 is 2.45 bits per heavy atom. The van der Waals surface area contributed by atoms with Crippen LogP contribution < -0.4 is 5.32 Å². The second kappa shape index (κ2) is 6.38. The van der Waals surface area contributed by atoms with Gasteiger partial charge in [-0.1, -0.05) is 49.4 Å². The number of aryl methyl sites for hydroxylation is 1. The number of carbonyl (C=O) groups is 1. The van der Waals surface area contributed by atoms with Crippen LogP contribution in [0.25, 0.3) is 0 Å². The molecular formula is C18H21NO. The summed E-state index contributed by atoms with van der Waals surface area (Å²) in [5.74, 6) is 0.319. The van der Waals surface area contributed by atoms with Crippen molar-refractivity contribution in [2.24, 2.45) is 0 Å². The van der Waals surface area contributed by atoms with Gasteiger partial charge in [-0.2, -0.15) is 0 Å². The largest absolute Gasteiger partial charge is 0.351 e. The third-order valence-corrected chi connectivity index (χ3v) is 3.79. The van der Waals surface area contributed by atoms with Crippen molar-refractivity contribution in [2.75, 3.05) is 6.54 Å². The van der Waals surface area contributed by atoms with E-state index in [9.17, 15) is 4.79 Å². The van der Waals surface area contributed by atoms with E-state index in [1.165, 1.54) is 5.56 Å². The zero-order valence-corrected chi connectivity index (χ0v) is 12.3. The summed E-state index contributed by atoms with van der Waals surface area (Å²) in [6.07, 6.45) is 0. The van der Waals surface area contributed by atoms with Gasteiger partial charge in [-0.3, -0.25) is 4.79 Å². The molecule has 0 bridgehead atoms. The van der Waals surface area contributed by atoms with Crippen molar-refractivity contribution in [3.8, 4) is 0 Å². The first-order chi connectivity index (χ1) is 9.59. The first-order valence-corrected chi connectivity index (χ1v) is 6.99. The van der Waals surface area contributed by atoms with Crippen molar-refractivity contribution in [3.05, 3.63) is 70.8 Å². The van der Waals surface area contributed by atoms with Gasteiger partial charge in [-0.15, -0.1) is 0 Å². The Balaban J connectivity index is 2.01. The molecule has 104 valence electrons. The zero-order chi connectivity index (χ0) is 14.5. The summed E-state index contributed by atoms with van der Waals surface area (Å²) >= 11 is 0. The van der Waals surface area contributed by atoms with E-state index in [0.29, 0.717) is 12.5 Å². The Morgan fingerprint density at radius 2 is 1.75 bits per heavy atom. The van der Waals surface area contributed by atoms with E-state index in [4.69, 9.17) is 0 Å². The van der Waals surface area contributed by atoms with E-state index in [1.54, 1.807) is 0 Å². The van der Waals surface area contributed by atoms with Crippen LogP contribution in [0.4, 0.5) is 0 Å². The molecule has 0 aromatic heterocycles. The summed E-state index contributed by atoms with van der Waals surface area (Å²) < 4.78 is 0. The summed E-state index contributed by atoms with van der Waals surface area (Å²) in [6, 6.07) is 16.1. The van der Waals surface area contributed by atoms with Crippen LogP contribution in [0.5, 0.6) is 0 Å². The quantitative estimate of drug-likeness (QED) is 0.896. The average molecular weight is 267 g/mol. The maximum absolute atomic E-state index is 12.2. The van der Waals surface area contributed by atoms with Gasteiger partial charge in [0, 0.05) is 12.1 Å². The predicted octanol–water partition coefficient (Wildman–Crippen LogP) is 3.84. The van der Waals surface area contributed by atoms with Gasteiger partial charge in [-0.05, 0) is 42.5 Å². The molecule has 2 aromatic rings. The summed E-state index contributed by atoms with van der Waals surface area (Å²) in [5.41, 5.74) is 4.21. The Hall–Kier alpha value is -2.09. The number of hydrogen-bond acceptors (Lipinski definition) is 1. The van der Waals surface area contributed by atoms with Gasteiger partial charge in [0.15, 0.2) is 0 Å². The SMILES string of the molecule is Cc1cccc(C(=O)NC[C@@H](C)c2ccccc2)c1C. The number of hydrogen-bond donors (Lipinski definition) is 1. The standard InChI is InChI=1S/C18H21NO/c1-13-8-7-11-17(15(13)3)18(20)19-12-14(2)16-9-5-4-6-10-16/h4-11,14H,12H2,1-3H3,(H,19,20)/t14-/m1/s1. The van der Waals surface area contributed by atoms with Crippen molar-refractivity contribution >= 4 is 5.91 Å². The molecule has 2 rings (SSSR count). The summed E-state index contributed by atoms with van der Waals surface area (Å²) in [4.78, 5) is 12.2. The molecule has 0 spiro atoms. The molecule has 2 heteroatoms. The van der Waals surface area contributed by atoms with E-state index in [2.05, 4.69) is 24.4 Å². The fraction of sp³-hybridized carbons (Fsp3) is 0.278. The molecule has 0 unspecified atom stereocenters. The lowest BCUT2D eigenvalue weighted by Gasteiger charge is -2.14. The summed E-state index contributed by atoms with van der Waals surface area (Å²) in [7, 11) is 0. The van der Waals surface area contributed by atoms with E-state index < -0.39 is 0 Å². The van der Waals surface area contributed by atoms with Crippen LogP contribution >= 0.6 is 0 Å². The highest BCUT2D eigenvalue weighted by Gasteiger charge is 2.11. The van der Waals surface area contributed by atoms with Crippen molar-refractivity contribution in [1.82, 2.24) is 5.32 Å². The maximum atomic E-state index is 12.2. The van der Waals surface area contributed by atoms with Crippen molar-refractivity contribution in [3.63, 3.8) is 0 Å². The molecule has 0 aliphatic heterocycles. The lowest BCUT2D eigenvalue weighted by molar-refractivity contribution is 0.0951. The van der Waals surface area contributed by atoms with E-state index in [1.807, 2.05) is 50.2 Å². The first-order valence-electron chi connectivity index (χ1n) is 6.99. The number of amides is 1. The van der Waals surface area contributed by atoms with E-state index >= 15 is 0 Å². The van der Waals surface area contributed by atoms with Crippen LogP contribution in [0.15, 0.2) is 48.5 Å².